The van der Waals surface area contributed by atoms with Crippen molar-refractivity contribution in [1.82, 2.24) is 25.0 Å². The molecule has 0 radical (unpaired) electrons. The van der Waals surface area contributed by atoms with E-state index in [0.717, 1.165) is 6.20 Å². The zero-order valence-electron chi connectivity index (χ0n) is 22.0. The lowest BCUT2D eigenvalue weighted by molar-refractivity contribution is -0.124. The number of alkyl halides is 3. The molecule has 39 heavy (non-hydrogen) atoms. The summed E-state index contributed by atoms with van der Waals surface area (Å²) >= 11 is 0. The van der Waals surface area contributed by atoms with Crippen molar-refractivity contribution in [2.75, 3.05) is 33.3 Å². The minimum atomic E-state index is -3.08. The number of ether oxygens (including phenoxy) is 1. The maximum atomic E-state index is 15.2. The summed E-state index contributed by atoms with van der Waals surface area (Å²) in [6.07, 6.45) is 1.75. The summed E-state index contributed by atoms with van der Waals surface area (Å²) in [5, 5.41) is 6.72. The Labute approximate surface area is 223 Å². The highest BCUT2D eigenvalue weighted by Gasteiger charge is 2.69. The number of carbonyl (C=O) groups is 2. The third kappa shape index (κ3) is 5.08. The fourth-order valence-electron chi connectivity index (χ4n) is 6.48. The van der Waals surface area contributed by atoms with Crippen LogP contribution >= 0.6 is 0 Å². The number of aromatic nitrogens is 3. The number of hydrogen-bond donors (Lipinski definition) is 2. The predicted octanol–water partition coefficient (Wildman–Crippen LogP) is 3.03. The molecule has 4 atom stereocenters. The van der Waals surface area contributed by atoms with Crippen LogP contribution in [-0.2, 0) is 4.79 Å². The first-order chi connectivity index (χ1) is 18.2. The Morgan fingerprint density at radius 1 is 1.26 bits per heavy atom. The van der Waals surface area contributed by atoms with Gasteiger partial charge in [-0.1, -0.05) is 0 Å². The van der Waals surface area contributed by atoms with Crippen LogP contribution in [-0.4, -0.2) is 87.2 Å². The van der Waals surface area contributed by atoms with E-state index in [2.05, 4.69) is 15.2 Å². The van der Waals surface area contributed by atoms with E-state index in [4.69, 9.17) is 10.5 Å². The van der Waals surface area contributed by atoms with Crippen LogP contribution in [0.4, 0.5) is 17.6 Å². The van der Waals surface area contributed by atoms with Crippen LogP contribution in [0.2, 0.25) is 0 Å². The molecule has 5 rings (SSSR count). The molecule has 9 nitrogen and oxygen atoms in total. The second-order valence-corrected chi connectivity index (χ2v) is 11.6. The van der Waals surface area contributed by atoms with Gasteiger partial charge in [0.25, 0.3) is 11.8 Å². The molecule has 1 saturated carbocycles. The second-order valence-electron chi connectivity index (χ2n) is 11.6. The van der Waals surface area contributed by atoms with Crippen LogP contribution in [0.1, 0.15) is 43.6 Å². The number of piperidine rings is 1. The highest BCUT2D eigenvalue weighted by molar-refractivity contribution is 5.94. The third-order valence-corrected chi connectivity index (χ3v) is 8.23. The van der Waals surface area contributed by atoms with Crippen molar-refractivity contribution in [3.8, 4) is 17.1 Å². The average Bonchev–Trinajstić information content (AvgIpc) is 3.18. The molecule has 2 aromatic heterocycles. The summed E-state index contributed by atoms with van der Waals surface area (Å²) in [4.78, 5) is 32.6. The molecule has 3 unspecified atom stereocenters. The number of aromatic amines is 1. The van der Waals surface area contributed by atoms with Crippen molar-refractivity contribution in [3.05, 3.63) is 29.8 Å². The van der Waals surface area contributed by atoms with E-state index in [1.807, 2.05) is 0 Å². The standard InChI is InChI=1S/C26H32F4N6O3/c1-24(2,28)12-35-11-17(26(29,30)13-35)16-9-25(16)8-14(22(31)37)4-5-36(25)23(38)20-7-19(33-34-20)15-6-21(39-3)32-10-18(15)27/h6-7,10,14,16-17H,4-5,8-9,11-13H2,1-3H3,(H2,31,37)(H,33,34)/t14?,16?,17-,25?/m1/s1. The van der Waals surface area contributed by atoms with E-state index in [9.17, 15) is 18.4 Å². The molecule has 1 spiro atoms. The fourth-order valence-corrected chi connectivity index (χ4v) is 6.48. The summed E-state index contributed by atoms with van der Waals surface area (Å²) in [6, 6.07) is 2.74. The number of likely N-dealkylation sites (tertiary alicyclic amines) is 2. The van der Waals surface area contributed by atoms with Gasteiger partial charge in [0.2, 0.25) is 11.8 Å². The number of primary amides is 1. The van der Waals surface area contributed by atoms with Crippen LogP contribution in [0.3, 0.4) is 0 Å². The summed E-state index contributed by atoms with van der Waals surface area (Å²) < 4.78 is 64.2. The van der Waals surface area contributed by atoms with Crippen LogP contribution in [0, 0.1) is 23.6 Å². The van der Waals surface area contributed by atoms with E-state index in [-0.39, 0.29) is 55.3 Å². The van der Waals surface area contributed by atoms with Gasteiger partial charge in [0.15, 0.2) is 5.82 Å². The molecule has 2 aliphatic heterocycles. The molecule has 0 bridgehead atoms. The molecule has 212 valence electrons. The van der Waals surface area contributed by atoms with Crippen molar-refractivity contribution in [1.29, 1.82) is 0 Å². The summed E-state index contributed by atoms with van der Waals surface area (Å²) in [5.74, 6) is -6.82. The Morgan fingerprint density at radius 2 is 2.00 bits per heavy atom. The molecule has 3 fully saturated rings. The quantitative estimate of drug-likeness (QED) is 0.510. The van der Waals surface area contributed by atoms with Crippen molar-refractivity contribution in [2.45, 2.75) is 50.2 Å². The fraction of sp³-hybridized carbons (Fsp3) is 0.615. The zero-order chi connectivity index (χ0) is 28.3. The molecule has 2 saturated heterocycles. The van der Waals surface area contributed by atoms with Gasteiger partial charge in [0.1, 0.15) is 11.4 Å². The predicted molar refractivity (Wildman–Crippen MR) is 132 cm³/mol. The lowest BCUT2D eigenvalue weighted by atomic mass is 9.84. The van der Waals surface area contributed by atoms with Crippen molar-refractivity contribution < 1.29 is 31.9 Å². The van der Waals surface area contributed by atoms with Gasteiger partial charge in [0, 0.05) is 48.6 Å². The molecule has 0 aromatic carbocycles. The molecular formula is C26H32F4N6O3. The van der Waals surface area contributed by atoms with Gasteiger partial charge in [-0.15, -0.1) is 0 Å². The minimum absolute atomic E-state index is 0.00655. The third-order valence-electron chi connectivity index (χ3n) is 8.23. The summed E-state index contributed by atoms with van der Waals surface area (Å²) in [7, 11) is 1.39. The number of pyridine rings is 1. The number of halogens is 4. The van der Waals surface area contributed by atoms with Crippen molar-refractivity contribution in [3.63, 3.8) is 0 Å². The number of methoxy groups -OCH3 is 1. The highest BCUT2D eigenvalue weighted by Crippen LogP contribution is 2.62. The van der Waals surface area contributed by atoms with E-state index in [1.165, 1.54) is 42.9 Å². The van der Waals surface area contributed by atoms with Gasteiger partial charge in [-0.3, -0.25) is 19.6 Å². The van der Waals surface area contributed by atoms with E-state index in [1.54, 1.807) is 0 Å². The van der Waals surface area contributed by atoms with Gasteiger partial charge in [0.05, 0.1) is 25.5 Å². The first kappa shape index (κ1) is 27.4. The minimum Gasteiger partial charge on any atom is -0.481 e. The first-order valence-electron chi connectivity index (χ1n) is 12.9. The molecule has 3 aliphatic rings. The topological polar surface area (TPSA) is 117 Å². The molecular weight excluding hydrogens is 520 g/mol. The van der Waals surface area contributed by atoms with Gasteiger partial charge >= 0.3 is 0 Å². The summed E-state index contributed by atoms with van der Waals surface area (Å²) in [5.41, 5.74) is 3.25. The Morgan fingerprint density at radius 3 is 2.67 bits per heavy atom. The second kappa shape index (κ2) is 9.46. The maximum absolute atomic E-state index is 15.2. The SMILES string of the molecule is COc1cc(-c2cc(C(=O)N3CCC(C(N)=O)CC34CC4[C@H]3CN(CC(C)(C)F)CC3(F)F)[nH]n2)c(F)cn1. The lowest BCUT2D eigenvalue weighted by Gasteiger charge is -2.41. The Balaban J connectivity index is 1.41. The molecule has 2 amide bonds. The molecule has 2 aromatic rings. The first-order valence-corrected chi connectivity index (χ1v) is 12.9. The van der Waals surface area contributed by atoms with Crippen LogP contribution < -0.4 is 10.5 Å². The van der Waals surface area contributed by atoms with Gasteiger partial charge in [-0.25, -0.2) is 22.5 Å². The Kier molecular flexibility index (Phi) is 6.63. The maximum Gasteiger partial charge on any atom is 0.272 e. The van der Waals surface area contributed by atoms with E-state index in [0.29, 0.717) is 6.42 Å². The number of rotatable bonds is 7. The number of nitrogens with zero attached hydrogens (tertiary/aromatic N) is 4. The number of nitrogens with two attached hydrogens (primary N) is 1. The van der Waals surface area contributed by atoms with Crippen LogP contribution in [0.15, 0.2) is 18.3 Å². The van der Waals surface area contributed by atoms with Crippen LogP contribution in [0.5, 0.6) is 5.88 Å². The van der Waals surface area contributed by atoms with E-state index >= 15 is 8.78 Å². The number of nitrogens with one attached hydrogen (secondary N) is 1. The Hall–Kier alpha value is -3.22. The Bertz CT molecular complexity index is 1280. The lowest BCUT2D eigenvalue weighted by Crippen LogP contribution is -2.52. The van der Waals surface area contributed by atoms with Crippen molar-refractivity contribution in [2.24, 2.45) is 23.5 Å². The van der Waals surface area contributed by atoms with Crippen LogP contribution in [0.25, 0.3) is 11.3 Å². The normalized spacial score (nSPS) is 28.6. The highest BCUT2D eigenvalue weighted by atomic mass is 19.3. The number of carbonyl (C=O) groups excluding carboxylic acids is 2. The number of amides is 2. The van der Waals surface area contributed by atoms with Crippen molar-refractivity contribution >= 4 is 11.8 Å². The monoisotopic (exact) mass is 552 g/mol. The average molecular weight is 553 g/mol. The van der Waals surface area contributed by atoms with Gasteiger partial charge in [-0.05, 0) is 45.1 Å². The number of H-pyrrole nitrogens is 1. The molecule has 3 N–H and O–H groups in total. The zero-order valence-corrected chi connectivity index (χ0v) is 22.0. The molecule has 1 aliphatic carbocycles. The summed E-state index contributed by atoms with van der Waals surface area (Å²) in [6.45, 7) is 2.15. The van der Waals surface area contributed by atoms with E-state index < -0.39 is 59.1 Å². The van der Waals surface area contributed by atoms with Gasteiger partial charge in [-0.2, -0.15) is 5.10 Å². The largest absolute Gasteiger partial charge is 0.481 e. The molecule has 13 heteroatoms. The number of hydrogen-bond acceptors (Lipinski definition) is 6. The van der Waals surface area contributed by atoms with Gasteiger partial charge < -0.3 is 15.4 Å². The molecule has 4 heterocycles. The smallest absolute Gasteiger partial charge is 0.272 e.